The Labute approximate surface area is 168 Å². The highest BCUT2D eigenvalue weighted by molar-refractivity contribution is 5.92. The van der Waals surface area contributed by atoms with Gasteiger partial charge in [-0.15, -0.1) is 0 Å². The van der Waals surface area contributed by atoms with E-state index in [2.05, 4.69) is 10.3 Å². The molecule has 30 heavy (non-hydrogen) atoms. The minimum absolute atomic E-state index is 0.0941. The number of hydrogen-bond acceptors (Lipinski definition) is 3. The van der Waals surface area contributed by atoms with Crippen molar-refractivity contribution < 1.29 is 36.2 Å². The predicted octanol–water partition coefficient (Wildman–Crippen LogP) is 5.06. The summed E-state index contributed by atoms with van der Waals surface area (Å²) in [4.78, 5) is 16.3. The molecule has 0 atom stereocenters. The molecule has 0 saturated heterocycles. The van der Waals surface area contributed by atoms with Crippen molar-refractivity contribution in [3.8, 4) is 0 Å². The summed E-state index contributed by atoms with van der Waals surface area (Å²) in [5, 5.41) is 12.4. The molecule has 1 aliphatic carbocycles. The molecule has 1 amide bonds. The number of halogens is 6. The number of alkyl halides is 6. The van der Waals surface area contributed by atoms with Crippen LogP contribution in [0.25, 0.3) is 11.0 Å². The maximum Gasteiger partial charge on any atom is 0.400 e. The molecule has 1 aliphatic rings. The fourth-order valence-electron chi connectivity index (χ4n) is 3.35. The van der Waals surface area contributed by atoms with E-state index in [-0.39, 0.29) is 12.0 Å². The maximum absolute atomic E-state index is 12.8. The van der Waals surface area contributed by atoms with Crippen molar-refractivity contribution >= 4 is 22.9 Å². The molecule has 166 valence electrons. The number of aromatic nitrogens is 2. The Balaban J connectivity index is 1.94. The molecular formula is C19H21F6N3O2. The predicted molar refractivity (Wildman–Crippen MR) is 96.7 cm³/mol. The van der Waals surface area contributed by atoms with E-state index in [0.717, 1.165) is 19.3 Å². The van der Waals surface area contributed by atoms with Crippen LogP contribution in [0.15, 0.2) is 18.2 Å². The Morgan fingerprint density at radius 1 is 1.20 bits per heavy atom. The van der Waals surface area contributed by atoms with E-state index < -0.39 is 36.2 Å². The summed E-state index contributed by atoms with van der Waals surface area (Å²) in [6, 6.07) is 4.77. The number of rotatable bonds is 5. The second-order valence-corrected chi connectivity index (χ2v) is 8.04. The number of nitrogens with zero attached hydrogens (tertiary/aromatic N) is 2. The molecule has 1 heterocycles. The third kappa shape index (κ3) is 4.55. The van der Waals surface area contributed by atoms with Gasteiger partial charge in [0.05, 0.1) is 16.6 Å². The van der Waals surface area contributed by atoms with Gasteiger partial charge < -0.3 is 9.67 Å². The van der Waals surface area contributed by atoms with Gasteiger partial charge in [-0.1, -0.05) is 6.07 Å². The zero-order valence-corrected chi connectivity index (χ0v) is 16.2. The summed E-state index contributed by atoms with van der Waals surface area (Å²) >= 11 is 0. The standard InChI is InChI=1S/C19H21F6N3O2/c1-17(2,30)10-6-7-12-13(8-10)28(11-4-3-5-11)16(26-12)27-15(29)9-14(18(20,21)22)19(23,24)25/h6-8,11,14,30H,3-5,9H2,1-2H3,(H,26,27,29). The number of nitrogens with one attached hydrogen (secondary N) is 1. The van der Waals surface area contributed by atoms with Crippen molar-refractivity contribution in [1.29, 1.82) is 0 Å². The van der Waals surface area contributed by atoms with Gasteiger partial charge in [0, 0.05) is 12.5 Å². The molecule has 0 unspecified atom stereocenters. The maximum atomic E-state index is 12.8. The Morgan fingerprint density at radius 3 is 2.27 bits per heavy atom. The van der Waals surface area contributed by atoms with E-state index in [4.69, 9.17) is 0 Å². The van der Waals surface area contributed by atoms with Crippen LogP contribution < -0.4 is 5.32 Å². The van der Waals surface area contributed by atoms with Crippen LogP contribution in [0.2, 0.25) is 0 Å². The number of benzene rings is 1. The molecular weight excluding hydrogens is 416 g/mol. The molecule has 1 aromatic heterocycles. The summed E-state index contributed by atoms with van der Waals surface area (Å²) < 4.78 is 78.2. The first-order chi connectivity index (χ1) is 13.7. The van der Waals surface area contributed by atoms with Crippen LogP contribution in [0.3, 0.4) is 0 Å². The minimum Gasteiger partial charge on any atom is -0.386 e. The molecule has 0 radical (unpaired) electrons. The van der Waals surface area contributed by atoms with E-state index in [1.807, 2.05) is 0 Å². The molecule has 2 aromatic rings. The lowest BCUT2D eigenvalue weighted by Crippen LogP contribution is -2.39. The molecule has 1 saturated carbocycles. The summed E-state index contributed by atoms with van der Waals surface area (Å²) in [7, 11) is 0. The number of amides is 1. The van der Waals surface area contributed by atoms with Crippen LogP contribution in [0.5, 0.6) is 0 Å². The van der Waals surface area contributed by atoms with Crippen molar-refractivity contribution in [2.75, 3.05) is 5.32 Å². The Hall–Kier alpha value is -2.30. The normalized spacial score (nSPS) is 16.2. The van der Waals surface area contributed by atoms with Gasteiger partial charge in [-0.05, 0) is 50.8 Å². The quantitative estimate of drug-likeness (QED) is 0.643. The van der Waals surface area contributed by atoms with Gasteiger partial charge in [0.15, 0.2) is 5.92 Å². The van der Waals surface area contributed by atoms with Gasteiger partial charge in [0.1, 0.15) is 0 Å². The van der Waals surface area contributed by atoms with Crippen LogP contribution in [-0.4, -0.2) is 32.9 Å². The molecule has 11 heteroatoms. The number of fused-ring (bicyclic) bond motifs is 1. The van der Waals surface area contributed by atoms with Crippen molar-refractivity contribution in [1.82, 2.24) is 9.55 Å². The molecule has 1 aromatic carbocycles. The second kappa shape index (κ2) is 7.44. The smallest absolute Gasteiger partial charge is 0.386 e. The molecule has 0 aliphatic heterocycles. The number of aliphatic hydroxyl groups is 1. The van der Waals surface area contributed by atoms with Gasteiger partial charge in [0.25, 0.3) is 0 Å². The first-order valence-electron chi connectivity index (χ1n) is 9.36. The number of carbonyl (C=O) groups excluding carboxylic acids is 1. The van der Waals surface area contributed by atoms with Gasteiger partial charge in [0.2, 0.25) is 11.9 Å². The largest absolute Gasteiger partial charge is 0.400 e. The molecule has 3 rings (SSSR count). The number of anilines is 1. The highest BCUT2D eigenvalue weighted by Gasteiger charge is 2.57. The van der Waals surface area contributed by atoms with Crippen molar-refractivity contribution in [3.05, 3.63) is 23.8 Å². The summed E-state index contributed by atoms with van der Waals surface area (Å²) in [6.07, 6.45) is -10.6. The third-order valence-corrected chi connectivity index (χ3v) is 5.27. The fraction of sp³-hybridized carbons (Fsp3) is 0.579. The molecule has 0 spiro atoms. The van der Waals surface area contributed by atoms with Crippen molar-refractivity contribution in [2.45, 2.75) is 63.5 Å². The highest BCUT2D eigenvalue weighted by atomic mass is 19.4. The van der Waals surface area contributed by atoms with E-state index >= 15 is 0 Å². The first kappa shape index (κ1) is 22.4. The lowest BCUT2D eigenvalue weighted by molar-refractivity contribution is -0.283. The number of carbonyl (C=O) groups is 1. The number of imidazole rings is 1. The third-order valence-electron chi connectivity index (χ3n) is 5.27. The van der Waals surface area contributed by atoms with Gasteiger partial charge in [-0.25, -0.2) is 4.98 Å². The van der Waals surface area contributed by atoms with Crippen LogP contribution >= 0.6 is 0 Å². The van der Waals surface area contributed by atoms with Gasteiger partial charge in [-0.2, -0.15) is 26.3 Å². The van der Waals surface area contributed by atoms with E-state index in [1.165, 1.54) is 0 Å². The van der Waals surface area contributed by atoms with Crippen LogP contribution in [-0.2, 0) is 10.4 Å². The number of hydrogen-bond donors (Lipinski definition) is 2. The second-order valence-electron chi connectivity index (χ2n) is 8.04. The minimum atomic E-state index is -5.59. The fourth-order valence-corrected chi connectivity index (χ4v) is 3.35. The van der Waals surface area contributed by atoms with Gasteiger partial charge in [-0.3, -0.25) is 10.1 Å². The summed E-state index contributed by atoms with van der Waals surface area (Å²) in [5.74, 6) is -5.28. The first-order valence-corrected chi connectivity index (χ1v) is 9.36. The average Bonchev–Trinajstić information content (AvgIpc) is 2.85. The summed E-state index contributed by atoms with van der Waals surface area (Å²) in [5.41, 5.74) is 0.340. The van der Waals surface area contributed by atoms with Crippen LogP contribution in [0.1, 0.15) is 51.1 Å². The zero-order chi connectivity index (χ0) is 22.5. The topological polar surface area (TPSA) is 67.2 Å². The monoisotopic (exact) mass is 437 g/mol. The SMILES string of the molecule is CC(C)(O)c1ccc2nc(NC(=O)CC(C(F)(F)F)C(F)(F)F)n(C3CCC3)c2c1. The van der Waals surface area contributed by atoms with Crippen molar-refractivity contribution in [2.24, 2.45) is 5.92 Å². The molecule has 0 bridgehead atoms. The zero-order valence-electron chi connectivity index (χ0n) is 16.2. The van der Waals surface area contributed by atoms with E-state index in [0.29, 0.717) is 16.6 Å². The van der Waals surface area contributed by atoms with E-state index in [1.54, 1.807) is 36.6 Å². The van der Waals surface area contributed by atoms with Gasteiger partial charge >= 0.3 is 12.4 Å². The van der Waals surface area contributed by atoms with E-state index in [9.17, 15) is 36.2 Å². The lowest BCUT2D eigenvalue weighted by atomic mass is 9.92. The van der Waals surface area contributed by atoms with Crippen LogP contribution in [0.4, 0.5) is 32.3 Å². The lowest BCUT2D eigenvalue weighted by Gasteiger charge is -2.29. The Morgan fingerprint density at radius 2 is 1.80 bits per heavy atom. The molecule has 2 N–H and O–H groups in total. The van der Waals surface area contributed by atoms with Crippen LogP contribution in [0, 0.1) is 5.92 Å². The average molecular weight is 437 g/mol. The van der Waals surface area contributed by atoms with Crippen molar-refractivity contribution in [3.63, 3.8) is 0 Å². The molecule has 5 nitrogen and oxygen atoms in total. The Bertz CT molecular complexity index is 925. The Kier molecular flexibility index (Phi) is 5.55. The summed E-state index contributed by atoms with van der Waals surface area (Å²) in [6.45, 7) is 3.16. The molecule has 1 fully saturated rings. The highest BCUT2D eigenvalue weighted by Crippen LogP contribution is 2.42.